The summed E-state index contributed by atoms with van der Waals surface area (Å²) >= 11 is 0. The summed E-state index contributed by atoms with van der Waals surface area (Å²) in [6.07, 6.45) is -0.495. The largest absolute Gasteiger partial charge is 0.388 e. The zero-order valence-corrected chi connectivity index (χ0v) is 7.29. The van der Waals surface area contributed by atoms with Gasteiger partial charge in [-0.2, -0.15) is 0 Å². The fourth-order valence-electron chi connectivity index (χ4n) is 1.04. The van der Waals surface area contributed by atoms with E-state index in [0.29, 0.717) is 0 Å². The smallest absolute Gasteiger partial charge is 0.123 e. The predicted octanol–water partition coefficient (Wildman–Crippen LogP) is 2.52. The van der Waals surface area contributed by atoms with E-state index >= 15 is 0 Å². The zero-order valence-electron chi connectivity index (χ0n) is 7.29. The fraction of sp³-hybridized carbons (Fsp3) is 0.400. The van der Waals surface area contributed by atoms with Gasteiger partial charge in [-0.1, -0.05) is 26.0 Å². The third-order valence-corrected chi connectivity index (χ3v) is 1.84. The quantitative estimate of drug-likeness (QED) is 0.717. The summed E-state index contributed by atoms with van der Waals surface area (Å²) in [5, 5.41) is 9.57. The number of aliphatic hydroxyl groups is 1. The van der Waals surface area contributed by atoms with E-state index in [1.165, 1.54) is 12.1 Å². The van der Waals surface area contributed by atoms with Gasteiger partial charge >= 0.3 is 0 Å². The molecule has 1 nitrogen and oxygen atoms in total. The summed E-state index contributed by atoms with van der Waals surface area (Å²) in [5.41, 5.74) is 0.770. The van der Waals surface area contributed by atoms with Gasteiger partial charge in [0.2, 0.25) is 0 Å². The molecule has 0 fully saturated rings. The van der Waals surface area contributed by atoms with Crippen molar-refractivity contribution in [3.8, 4) is 0 Å². The van der Waals surface area contributed by atoms with Crippen molar-refractivity contribution in [2.75, 3.05) is 0 Å². The van der Waals surface area contributed by atoms with Crippen LogP contribution in [0.3, 0.4) is 0 Å². The molecule has 0 bridgehead atoms. The van der Waals surface area contributed by atoms with Crippen LogP contribution in [0.5, 0.6) is 0 Å². The summed E-state index contributed by atoms with van der Waals surface area (Å²) in [6, 6.07) is 5.95. The second kappa shape index (κ2) is 3.68. The lowest BCUT2D eigenvalue weighted by Crippen LogP contribution is -2.04. The van der Waals surface area contributed by atoms with Gasteiger partial charge < -0.3 is 5.11 Å². The summed E-state index contributed by atoms with van der Waals surface area (Å²) in [4.78, 5) is 0. The molecular formula is C10H13FO. The minimum atomic E-state index is -0.495. The molecule has 0 amide bonds. The molecular weight excluding hydrogens is 154 g/mol. The molecule has 0 radical (unpaired) electrons. The lowest BCUT2D eigenvalue weighted by Gasteiger charge is -2.14. The van der Waals surface area contributed by atoms with E-state index in [4.69, 9.17) is 0 Å². The van der Waals surface area contributed by atoms with Gasteiger partial charge in [0.25, 0.3) is 0 Å². The number of aliphatic hydroxyl groups excluding tert-OH is 1. The van der Waals surface area contributed by atoms with Crippen LogP contribution in [-0.4, -0.2) is 5.11 Å². The monoisotopic (exact) mass is 167 g/mol. The van der Waals surface area contributed by atoms with Gasteiger partial charge in [0.1, 0.15) is 5.82 Å². The average Bonchev–Trinajstić information content (AvgIpc) is 2.04. The Kier molecular flexibility index (Phi) is 2.82. The molecule has 0 aliphatic heterocycles. The predicted molar refractivity (Wildman–Crippen MR) is 46.2 cm³/mol. The SMILES string of the molecule is CC(C)C(O)c1ccc([18F])cc1. The highest BCUT2D eigenvalue weighted by molar-refractivity contribution is 5.18. The third kappa shape index (κ3) is 2.05. The third-order valence-electron chi connectivity index (χ3n) is 1.84. The highest BCUT2D eigenvalue weighted by Gasteiger charge is 2.10. The molecule has 0 aliphatic carbocycles. The minimum absolute atomic E-state index is 0.162. The van der Waals surface area contributed by atoms with Crippen LogP contribution in [0, 0.1) is 11.7 Å². The molecule has 2 heteroatoms. The second-order valence-electron chi connectivity index (χ2n) is 3.24. The molecule has 1 aromatic carbocycles. The highest BCUT2D eigenvalue weighted by Crippen LogP contribution is 2.20. The first kappa shape index (κ1) is 9.20. The van der Waals surface area contributed by atoms with Gasteiger partial charge in [-0.3, -0.25) is 0 Å². The highest BCUT2D eigenvalue weighted by atomic mass is 18.2. The molecule has 0 spiro atoms. The molecule has 1 rings (SSSR count). The Morgan fingerprint density at radius 2 is 1.67 bits per heavy atom. The number of benzene rings is 1. The maximum absolute atomic E-state index is 12.5. The van der Waals surface area contributed by atoms with Crippen molar-refractivity contribution in [3.63, 3.8) is 0 Å². The topological polar surface area (TPSA) is 20.2 Å². The van der Waals surface area contributed by atoms with Gasteiger partial charge in [0.05, 0.1) is 6.10 Å². The molecule has 12 heavy (non-hydrogen) atoms. The Morgan fingerprint density at radius 3 is 2.08 bits per heavy atom. The summed E-state index contributed by atoms with van der Waals surface area (Å²) in [7, 11) is 0. The van der Waals surface area contributed by atoms with E-state index in [-0.39, 0.29) is 11.7 Å². The van der Waals surface area contributed by atoms with Crippen LogP contribution in [-0.2, 0) is 0 Å². The molecule has 1 aromatic rings. The van der Waals surface area contributed by atoms with Gasteiger partial charge in [0, 0.05) is 0 Å². The van der Waals surface area contributed by atoms with E-state index < -0.39 is 6.10 Å². The maximum Gasteiger partial charge on any atom is 0.123 e. The van der Waals surface area contributed by atoms with E-state index in [2.05, 4.69) is 0 Å². The Labute approximate surface area is 71.9 Å². The van der Waals surface area contributed by atoms with Gasteiger partial charge in [-0.15, -0.1) is 0 Å². The van der Waals surface area contributed by atoms with Crippen molar-refractivity contribution in [1.29, 1.82) is 0 Å². The standard InChI is InChI=1S/C10H13FO/c1-7(2)10(12)8-3-5-9(11)6-4-8/h3-7,10,12H,1-2H3/i11-1. The molecule has 1 atom stereocenters. The van der Waals surface area contributed by atoms with Gasteiger partial charge in [-0.25, -0.2) is 4.39 Å². The molecule has 0 heterocycles. The lowest BCUT2D eigenvalue weighted by atomic mass is 9.99. The Hall–Kier alpha value is -0.890. The van der Waals surface area contributed by atoms with Crippen molar-refractivity contribution >= 4 is 0 Å². The molecule has 66 valence electrons. The summed E-state index contributed by atoms with van der Waals surface area (Å²) in [6.45, 7) is 3.85. The average molecular weight is 167 g/mol. The molecule has 0 aromatic heterocycles. The molecule has 0 saturated heterocycles. The van der Waals surface area contributed by atoms with E-state index in [1.807, 2.05) is 13.8 Å². The van der Waals surface area contributed by atoms with Crippen LogP contribution >= 0.6 is 0 Å². The normalized spacial score (nSPS) is 13.4. The van der Waals surface area contributed by atoms with Crippen LogP contribution in [0.15, 0.2) is 24.3 Å². The summed E-state index contributed by atoms with van der Waals surface area (Å²) < 4.78 is 12.5. The molecule has 1 unspecified atom stereocenters. The van der Waals surface area contributed by atoms with Crippen molar-refractivity contribution in [2.45, 2.75) is 20.0 Å². The maximum atomic E-state index is 12.5. The fourth-order valence-corrected chi connectivity index (χ4v) is 1.04. The number of hydrogen-bond acceptors (Lipinski definition) is 1. The first-order valence-corrected chi connectivity index (χ1v) is 4.05. The van der Waals surface area contributed by atoms with Crippen molar-refractivity contribution in [2.24, 2.45) is 5.92 Å². The van der Waals surface area contributed by atoms with E-state index in [1.54, 1.807) is 12.1 Å². The van der Waals surface area contributed by atoms with Crippen LogP contribution in [0.4, 0.5) is 4.39 Å². The Balaban J connectivity index is 2.82. The Bertz CT molecular complexity index is 241. The molecule has 1 N–H and O–H groups in total. The van der Waals surface area contributed by atoms with E-state index in [9.17, 15) is 9.50 Å². The Morgan fingerprint density at radius 1 is 1.17 bits per heavy atom. The van der Waals surface area contributed by atoms with Crippen LogP contribution in [0.2, 0.25) is 0 Å². The van der Waals surface area contributed by atoms with Crippen molar-refractivity contribution in [3.05, 3.63) is 35.6 Å². The number of rotatable bonds is 2. The number of hydrogen-bond donors (Lipinski definition) is 1. The minimum Gasteiger partial charge on any atom is -0.388 e. The van der Waals surface area contributed by atoms with Gasteiger partial charge in [0.15, 0.2) is 0 Å². The van der Waals surface area contributed by atoms with Crippen molar-refractivity contribution < 1.29 is 9.50 Å². The zero-order chi connectivity index (χ0) is 9.14. The first-order valence-electron chi connectivity index (χ1n) is 4.05. The molecule has 0 saturated carbocycles. The van der Waals surface area contributed by atoms with Gasteiger partial charge in [-0.05, 0) is 23.6 Å². The van der Waals surface area contributed by atoms with Crippen molar-refractivity contribution in [1.82, 2.24) is 0 Å². The van der Waals surface area contributed by atoms with Crippen LogP contribution in [0.25, 0.3) is 0 Å². The number of halogens is 1. The second-order valence-corrected chi connectivity index (χ2v) is 3.24. The molecule has 0 aliphatic rings. The summed E-state index contributed by atoms with van der Waals surface area (Å²) in [5.74, 6) is -0.106. The van der Waals surface area contributed by atoms with Crippen LogP contribution < -0.4 is 0 Å². The lowest BCUT2D eigenvalue weighted by molar-refractivity contribution is 0.127. The van der Waals surface area contributed by atoms with Crippen LogP contribution in [0.1, 0.15) is 25.5 Å². The first-order chi connectivity index (χ1) is 5.61. The van der Waals surface area contributed by atoms with E-state index in [0.717, 1.165) is 5.56 Å².